The third-order valence-corrected chi connectivity index (χ3v) is 3.32. The summed E-state index contributed by atoms with van der Waals surface area (Å²) in [5.74, 6) is 0.796. The van der Waals surface area contributed by atoms with Crippen LogP contribution in [0.3, 0.4) is 0 Å². The molecule has 3 aromatic rings. The van der Waals surface area contributed by atoms with Crippen molar-refractivity contribution in [1.29, 1.82) is 0 Å². The van der Waals surface area contributed by atoms with Crippen LogP contribution in [0.15, 0.2) is 42.9 Å². The van der Waals surface area contributed by atoms with Gasteiger partial charge >= 0.3 is 0 Å². The van der Waals surface area contributed by atoms with E-state index in [1.165, 1.54) is 11.1 Å². The van der Waals surface area contributed by atoms with Crippen LogP contribution in [0.5, 0.6) is 0 Å². The van der Waals surface area contributed by atoms with Crippen molar-refractivity contribution in [2.75, 3.05) is 0 Å². The van der Waals surface area contributed by atoms with Crippen molar-refractivity contribution in [2.45, 2.75) is 19.9 Å². The molecule has 5 heteroatoms. The lowest BCUT2D eigenvalue weighted by Gasteiger charge is -2.05. The largest absolute Gasteiger partial charge is 0.275 e. The fraction of sp³-hybridized carbons (Fsp3) is 0.267. The molecule has 2 heterocycles. The number of aryl methyl sites for hydroxylation is 2. The predicted molar refractivity (Wildman–Crippen MR) is 77.1 cm³/mol. The van der Waals surface area contributed by atoms with Crippen molar-refractivity contribution >= 4 is 0 Å². The predicted octanol–water partition coefficient (Wildman–Crippen LogP) is 2.29. The first kappa shape index (κ1) is 12.6. The molecule has 0 radical (unpaired) electrons. The molecule has 0 spiro atoms. The Morgan fingerprint density at radius 2 is 1.80 bits per heavy atom. The summed E-state index contributed by atoms with van der Waals surface area (Å²) in [6.07, 6.45) is 4.54. The first-order valence-electron chi connectivity index (χ1n) is 6.72. The Labute approximate surface area is 117 Å². The fourth-order valence-corrected chi connectivity index (χ4v) is 2.17. The topological polar surface area (TPSA) is 48.5 Å². The van der Waals surface area contributed by atoms with Gasteiger partial charge in [0.15, 0.2) is 5.82 Å². The van der Waals surface area contributed by atoms with E-state index in [0.29, 0.717) is 6.54 Å². The van der Waals surface area contributed by atoms with Crippen molar-refractivity contribution in [1.82, 2.24) is 24.5 Å². The van der Waals surface area contributed by atoms with E-state index in [0.717, 1.165) is 17.9 Å². The van der Waals surface area contributed by atoms with Crippen molar-refractivity contribution in [2.24, 2.45) is 7.05 Å². The number of benzene rings is 1. The van der Waals surface area contributed by atoms with Gasteiger partial charge in [-0.2, -0.15) is 10.2 Å². The zero-order valence-electron chi connectivity index (χ0n) is 11.7. The molecule has 0 saturated carbocycles. The number of hydrogen-bond donors (Lipinski definition) is 0. The Hall–Kier alpha value is -2.43. The maximum atomic E-state index is 4.38. The summed E-state index contributed by atoms with van der Waals surface area (Å²) < 4.78 is 3.65. The Bertz CT molecular complexity index is 693. The van der Waals surface area contributed by atoms with E-state index in [-0.39, 0.29) is 0 Å². The first-order valence-corrected chi connectivity index (χ1v) is 6.72. The smallest absolute Gasteiger partial charge is 0.178 e. The molecule has 0 unspecified atom stereocenters. The van der Waals surface area contributed by atoms with Gasteiger partial charge in [0.2, 0.25) is 0 Å². The van der Waals surface area contributed by atoms with Crippen LogP contribution in [0.2, 0.25) is 0 Å². The third-order valence-electron chi connectivity index (χ3n) is 3.32. The average molecular weight is 267 g/mol. The minimum Gasteiger partial charge on any atom is -0.275 e. The molecule has 3 rings (SSSR count). The van der Waals surface area contributed by atoms with E-state index < -0.39 is 0 Å². The molecule has 2 aromatic heterocycles. The van der Waals surface area contributed by atoms with Crippen molar-refractivity contribution < 1.29 is 0 Å². The van der Waals surface area contributed by atoms with Crippen LogP contribution in [0.25, 0.3) is 11.5 Å². The Morgan fingerprint density at radius 1 is 1.05 bits per heavy atom. The Kier molecular flexibility index (Phi) is 3.33. The molecule has 20 heavy (non-hydrogen) atoms. The van der Waals surface area contributed by atoms with Crippen LogP contribution in [0.1, 0.15) is 18.1 Å². The normalized spacial score (nSPS) is 10.9. The molecule has 0 amide bonds. The third kappa shape index (κ3) is 2.47. The van der Waals surface area contributed by atoms with Gasteiger partial charge in [0.1, 0.15) is 12.0 Å². The molecule has 0 atom stereocenters. The highest BCUT2D eigenvalue weighted by Crippen LogP contribution is 2.15. The second-order valence-corrected chi connectivity index (χ2v) is 4.79. The zero-order chi connectivity index (χ0) is 13.9. The molecule has 5 nitrogen and oxygen atoms in total. The van der Waals surface area contributed by atoms with Crippen molar-refractivity contribution in [3.05, 3.63) is 54.0 Å². The van der Waals surface area contributed by atoms with Gasteiger partial charge in [-0.25, -0.2) is 9.67 Å². The lowest BCUT2D eigenvalue weighted by atomic mass is 10.1. The molecule has 1 aromatic carbocycles. The van der Waals surface area contributed by atoms with Crippen molar-refractivity contribution in [3.8, 4) is 11.5 Å². The standard InChI is InChI=1S/C15H17N5/c1-3-12-4-6-13(7-5-12)10-20-15(16-11-17-20)14-8-9-19(2)18-14/h4-9,11H,3,10H2,1-2H3. The minimum atomic E-state index is 0.704. The second kappa shape index (κ2) is 5.28. The summed E-state index contributed by atoms with van der Waals surface area (Å²) in [5.41, 5.74) is 3.40. The number of aromatic nitrogens is 5. The minimum absolute atomic E-state index is 0.704. The molecular formula is C15H17N5. The first-order chi connectivity index (χ1) is 9.76. The molecule has 0 fully saturated rings. The summed E-state index contributed by atoms with van der Waals surface area (Å²) >= 11 is 0. The van der Waals surface area contributed by atoms with Crippen LogP contribution in [-0.4, -0.2) is 24.5 Å². The SMILES string of the molecule is CCc1ccc(Cn2ncnc2-c2ccn(C)n2)cc1. The molecule has 0 aliphatic carbocycles. The van der Waals surface area contributed by atoms with E-state index in [4.69, 9.17) is 0 Å². The second-order valence-electron chi connectivity index (χ2n) is 4.79. The van der Waals surface area contributed by atoms with E-state index in [2.05, 4.69) is 46.4 Å². The van der Waals surface area contributed by atoms with Crippen LogP contribution in [0.4, 0.5) is 0 Å². The summed E-state index contributed by atoms with van der Waals surface area (Å²) in [4.78, 5) is 4.31. The molecular weight excluding hydrogens is 250 g/mol. The quantitative estimate of drug-likeness (QED) is 0.728. The molecule has 0 aliphatic heterocycles. The zero-order valence-corrected chi connectivity index (χ0v) is 11.7. The lowest BCUT2D eigenvalue weighted by molar-refractivity contribution is 0.686. The summed E-state index contributed by atoms with van der Waals surface area (Å²) in [6.45, 7) is 2.86. The maximum Gasteiger partial charge on any atom is 0.178 e. The van der Waals surface area contributed by atoms with E-state index in [1.54, 1.807) is 11.0 Å². The van der Waals surface area contributed by atoms with E-state index in [9.17, 15) is 0 Å². The number of nitrogens with zero attached hydrogens (tertiary/aromatic N) is 5. The molecule has 0 N–H and O–H groups in total. The molecule has 102 valence electrons. The van der Waals surface area contributed by atoms with Gasteiger partial charge in [-0.3, -0.25) is 4.68 Å². The van der Waals surface area contributed by atoms with Gasteiger partial charge in [-0.05, 0) is 23.6 Å². The monoisotopic (exact) mass is 267 g/mol. The van der Waals surface area contributed by atoms with Crippen LogP contribution < -0.4 is 0 Å². The van der Waals surface area contributed by atoms with Crippen LogP contribution in [0, 0.1) is 0 Å². The molecule has 0 aliphatic rings. The highest BCUT2D eigenvalue weighted by molar-refractivity contribution is 5.48. The Balaban J connectivity index is 1.86. The van der Waals surface area contributed by atoms with Gasteiger partial charge < -0.3 is 0 Å². The van der Waals surface area contributed by atoms with E-state index >= 15 is 0 Å². The average Bonchev–Trinajstić information content (AvgIpc) is 3.08. The lowest BCUT2D eigenvalue weighted by Crippen LogP contribution is -2.04. The summed E-state index contributed by atoms with van der Waals surface area (Å²) in [6, 6.07) is 10.5. The van der Waals surface area contributed by atoms with Crippen LogP contribution in [-0.2, 0) is 20.0 Å². The molecule has 0 bridgehead atoms. The van der Waals surface area contributed by atoms with Gasteiger partial charge in [0.05, 0.1) is 6.54 Å². The van der Waals surface area contributed by atoms with Crippen LogP contribution >= 0.6 is 0 Å². The number of rotatable bonds is 4. The van der Waals surface area contributed by atoms with E-state index in [1.807, 2.05) is 24.0 Å². The summed E-state index contributed by atoms with van der Waals surface area (Å²) in [7, 11) is 1.90. The molecule has 0 saturated heterocycles. The van der Waals surface area contributed by atoms with Gasteiger partial charge in [-0.15, -0.1) is 0 Å². The highest BCUT2D eigenvalue weighted by Gasteiger charge is 2.10. The van der Waals surface area contributed by atoms with Crippen molar-refractivity contribution in [3.63, 3.8) is 0 Å². The van der Waals surface area contributed by atoms with Gasteiger partial charge in [-0.1, -0.05) is 31.2 Å². The summed E-state index contributed by atoms with van der Waals surface area (Å²) in [5, 5.41) is 8.67. The highest BCUT2D eigenvalue weighted by atomic mass is 15.4. The maximum absolute atomic E-state index is 4.38. The van der Waals surface area contributed by atoms with Gasteiger partial charge in [0, 0.05) is 13.2 Å². The fourth-order valence-electron chi connectivity index (χ4n) is 2.17. The van der Waals surface area contributed by atoms with Gasteiger partial charge in [0.25, 0.3) is 0 Å². The number of hydrogen-bond acceptors (Lipinski definition) is 3. The Morgan fingerprint density at radius 3 is 2.45 bits per heavy atom.